The van der Waals surface area contributed by atoms with Gasteiger partial charge in [-0.1, -0.05) is 11.6 Å². The molecule has 128 valence electrons. The molecule has 1 heterocycles. The molecule has 2 rings (SSSR count). The normalized spacial score (nSPS) is 15.4. The Morgan fingerprint density at radius 3 is 2.83 bits per heavy atom. The maximum atomic E-state index is 12.7. The van der Waals surface area contributed by atoms with Crippen molar-refractivity contribution >= 4 is 5.91 Å². The second kappa shape index (κ2) is 8.89. The lowest BCUT2D eigenvalue weighted by atomic mass is 9.96. The minimum Gasteiger partial charge on any atom is -0.491 e. The number of carbonyl (C=O) groups excluding carboxylic acids is 1. The number of ether oxygens (including phenoxy) is 2. The summed E-state index contributed by atoms with van der Waals surface area (Å²) in [6.07, 6.45) is 3.21. The highest BCUT2D eigenvalue weighted by molar-refractivity contribution is 5.97. The molecule has 0 spiro atoms. The zero-order chi connectivity index (χ0) is 16.7. The smallest absolute Gasteiger partial charge is 0.257 e. The lowest BCUT2D eigenvalue weighted by molar-refractivity contribution is 0.0583. The minimum absolute atomic E-state index is 0.00720. The van der Waals surface area contributed by atoms with Crippen molar-refractivity contribution in [2.75, 3.05) is 40.0 Å². The topological polar surface area (TPSA) is 64.8 Å². The van der Waals surface area contributed by atoms with Crippen LogP contribution < -0.4 is 10.5 Å². The number of hydrogen-bond acceptors (Lipinski definition) is 4. The van der Waals surface area contributed by atoms with Crippen LogP contribution in [-0.4, -0.2) is 50.8 Å². The molecule has 0 aliphatic carbocycles. The molecule has 1 amide bonds. The second-order valence-electron chi connectivity index (χ2n) is 6.21. The van der Waals surface area contributed by atoms with Crippen molar-refractivity contribution in [2.24, 2.45) is 11.7 Å². The van der Waals surface area contributed by atoms with E-state index in [0.29, 0.717) is 30.4 Å². The van der Waals surface area contributed by atoms with Crippen LogP contribution >= 0.6 is 0 Å². The molecule has 0 unspecified atom stereocenters. The van der Waals surface area contributed by atoms with Crippen LogP contribution in [0.1, 0.15) is 35.2 Å². The fourth-order valence-electron chi connectivity index (χ4n) is 2.82. The Balaban J connectivity index is 1.98. The fraction of sp³-hybridized carbons (Fsp3) is 0.611. The van der Waals surface area contributed by atoms with E-state index in [2.05, 4.69) is 0 Å². The Morgan fingerprint density at radius 1 is 1.39 bits per heavy atom. The van der Waals surface area contributed by atoms with Gasteiger partial charge in [-0.25, -0.2) is 0 Å². The van der Waals surface area contributed by atoms with Crippen LogP contribution in [0.5, 0.6) is 5.75 Å². The minimum atomic E-state index is 0.00720. The van der Waals surface area contributed by atoms with Gasteiger partial charge in [-0.15, -0.1) is 0 Å². The van der Waals surface area contributed by atoms with Gasteiger partial charge in [0.25, 0.3) is 5.91 Å². The highest BCUT2D eigenvalue weighted by Crippen LogP contribution is 2.23. The first-order valence-corrected chi connectivity index (χ1v) is 8.38. The van der Waals surface area contributed by atoms with Gasteiger partial charge in [0.2, 0.25) is 0 Å². The lowest BCUT2D eigenvalue weighted by Gasteiger charge is -2.25. The van der Waals surface area contributed by atoms with Gasteiger partial charge in [-0.05, 0) is 44.2 Å². The van der Waals surface area contributed by atoms with Crippen molar-refractivity contribution in [3.05, 3.63) is 29.3 Å². The molecule has 2 N–H and O–H groups in total. The average Bonchev–Trinajstić information content (AvgIpc) is 2.58. The molecule has 0 bridgehead atoms. The molecule has 1 aliphatic rings. The number of aryl methyl sites for hydroxylation is 1. The van der Waals surface area contributed by atoms with E-state index in [1.165, 1.54) is 0 Å². The Morgan fingerprint density at radius 2 is 2.13 bits per heavy atom. The molecule has 1 fully saturated rings. The molecule has 5 nitrogen and oxygen atoms in total. The molecule has 0 saturated carbocycles. The third kappa shape index (κ3) is 5.22. The van der Waals surface area contributed by atoms with Crippen LogP contribution in [0.2, 0.25) is 0 Å². The lowest BCUT2D eigenvalue weighted by Crippen LogP contribution is -2.30. The summed E-state index contributed by atoms with van der Waals surface area (Å²) >= 11 is 0. The first-order valence-electron chi connectivity index (χ1n) is 8.38. The molecule has 1 saturated heterocycles. The Kier molecular flexibility index (Phi) is 6.86. The van der Waals surface area contributed by atoms with Crippen molar-refractivity contribution in [1.82, 2.24) is 4.90 Å². The first-order chi connectivity index (χ1) is 11.1. The van der Waals surface area contributed by atoms with Gasteiger partial charge in [0.1, 0.15) is 12.4 Å². The molecule has 0 radical (unpaired) electrons. The average molecular weight is 320 g/mol. The molecule has 5 heteroatoms. The van der Waals surface area contributed by atoms with Crippen molar-refractivity contribution in [1.29, 1.82) is 0 Å². The number of amides is 1. The fourth-order valence-corrected chi connectivity index (χ4v) is 2.82. The Bertz CT molecular complexity index is 513. The number of hydrogen-bond donors (Lipinski definition) is 1. The van der Waals surface area contributed by atoms with E-state index in [4.69, 9.17) is 15.2 Å². The summed E-state index contributed by atoms with van der Waals surface area (Å²) in [5, 5.41) is 0. The highest BCUT2D eigenvalue weighted by atomic mass is 16.5. The standard InChI is InChI=1S/C18H28N2O3/c1-14-3-4-17(23-12-8-19)16(13-14)18(21)20(2)9-5-15-6-10-22-11-7-15/h3-4,13,15H,5-12,19H2,1-2H3. The first kappa shape index (κ1) is 17.8. The van der Waals surface area contributed by atoms with E-state index in [9.17, 15) is 4.79 Å². The van der Waals surface area contributed by atoms with Gasteiger partial charge in [0.05, 0.1) is 5.56 Å². The Labute approximate surface area is 138 Å². The highest BCUT2D eigenvalue weighted by Gasteiger charge is 2.19. The molecular weight excluding hydrogens is 292 g/mol. The van der Waals surface area contributed by atoms with Gasteiger partial charge in [-0.3, -0.25) is 4.79 Å². The van der Waals surface area contributed by atoms with Crippen LogP contribution in [0.15, 0.2) is 18.2 Å². The van der Waals surface area contributed by atoms with E-state index in [1.807, 2.05) is 32.2 Å². The van der Waals surface area contributed by atoms with E-state index in [0.717, 1.165) is 44.6 Å². The van der Waals surface area contributed by atoms with Crippen molar-refractivity contribution in [3.8, 4) is 5.75 Å². The van der Waals surface area contributed by atoms with Gasteiger partial charge < -0.3 is 20.1 Å². The summed E-state index contributed by atoms with van der Waals surface area (Å²) in [5.74, 6) is 1.28. The summed E-state index contributed by atoms with van der Waals surface area (Å²) in [7, 11) is 1.86. The summed E-state index contributed by atoms with van der Waals surface area (Å²) in [5.41, 5.74) is 7.16. The van der Waals surface area contributed by atoms with Crippen molar-refractivity contribution in [3.63, 3.8) is 0 Å². The second-order valence-corrected chi connectivity index (χ2v) is 6.21. The quantitative estimate of drug-likeness (QED) is 0.836. The van der Waals surface area contributed by atoms with E-state index in [-0.39, 0.29) is 5.91 Å². The number of nitrogens with two attached hydrogens (primary N) is 1. The van der Waals surface area contributed by atoms with Crippen LogP contribution in [0.4, 0.5) is 0 Å². The van der Waals surface area contributed by atoms with Gasteiger partial charge in [-0.2, -0.15) is 0 Å². The molecule has 0 atom stereocenters. The van der Waals surface area contributed by atoms with E-state index < -0.39 is 0 Å². The maximum Gasteiger partial charge on any atom is 0.257 e. The van der Waals surface area contributed by atoms with Crippen molar-refractivity contribution in [2.45, 2.75) is 26.2 Å². The molecule has 23 heavy (non-hydrogen) atoms. The number of nitrogens with zero attached hydrogens (tertiary/aromatic N) is 1. The van der Waals surface area contributed by atoms with Gasteiger partial charge in [0.15, 0.2) is 0 Å². The molecular formula is C18H28N2O3. The molecule has 1 aromatic rings. The predicted octanol–water partition coefficient (Wildman–Crippen LogP) is 2.22. The maximum absolute atomic E-state index is 12.7. The van der Waals surface area contributed by atoms with Crippen molar-refractivity contribution < 1.29 is 14.3 Å². The summed E-state index contributed by atoms with van der Waals surface area (Å²) < 4.78 is 11.0. The largest absolute Gasteiger partial charge is 0.491 e. The SMILES string of the molecule is Cc1ccc(OCCN)c(C(=O)N(C)CCC2CCOCC2)c1. The zero-order valence-electron chi connectivity index (χ0n) is 14.2. The van der Waals surface area contributed by atoms with E-state index >= 15 is 0 Å². The predicted molar refractivity (Wildman–Crippen MR) is 90.8 cm³/mol. The zero-order valence-corrected chi connectivity index (χ0v) is 14.2. The van der Waals surface area contributed by atoms with Crippen LogP contribution in [-0.2, 0) is 4.74 Å². The molecule has 0 aromatic heterocycles. The van der Waals surface area contributed by atoms with Gasteiger partial charge in [0, 0.05) is 33.4 Å². The summed E-state index contributed by atoms with van der Waals surface area (Å²) in [4.78, 5) is 14.5. The summed E-state index contributed by atoms with van der Waals surface area (Å²) in [6.45, 7) is 5.27. The third-order valence-corrected chi connectivity index (χ3v) is 4.30. The van der Waals surface area contributed by atoms with Crippen LogP contribution in [0, 0.1) is 12.8 Å². The number of rotatable bonds is 7. The van der Waals surface area contributed by atoms with Crippen LogP contribution in [0.25, 0.3) is 0 Å². The molecule has 1 aromatic carbocycles. The number of carbonyl (C=O) groups is 1. The van der Waals surface area contributed by atoms with Crippen LogP contribution in [0.3, 0.4) is 0 Å². The van der Waals surface area contributed by atoms with Gasteiger partial charge >= 0.3 is 0 Å². The third-order valence-electron chi connectivity index (χ3n) is 4.30. The summed E-state index contributed by atoms with van der Waals surface area (Å²) in [6, 6.07) is 5.69. The molecule has 1 aliphatic heterocycles. The van der Waals surface area contributed by atoms with E-state index in [1.54, 1.807) is 4.90 Å². The Hall–Kier alpha value is -1.59. The monoisotopic (exact) mass is 320 g/mol. The number of benzene rings is 1.